The van der Waals surface area contributed by atoms with Crippen molar-refractivity contribution in [3.8, 4) is 0 Å². The van der Waals surface area contributed by atoms with Crippen molar-refractivity contribution in [1.29, 1.82) is 0 Å². The molecule has 0 radical (unpaired) electrons. The molecular formula is C9H16IN. The van der Waals surface area contributed by atoms with Crippen molar-refractivity contribution in [2.75, 3.05) is 13.6 Å². The average Bonchev–Trinajstić information content (AvgIpc) is 1.93. The van der Waals surface area contributed by atoms with Gasteiger partial charge in [-0.25, -0.2) is 0 Å². The van der Waals surface area contributed by atoms with E-state index < -0.39 is 0 Å². The molecule has 1 nitrogen and oxygen atoms in total. The molecule has 11 heavy (non-hydrogen) atoms. The first-order valence-corrected chi connectivity index (χ1v) is 5.17. The lowest BCUT2D eigenvalue weighted by molar-refractivity contribution is 0.391. The molecule has 1 aliphatic heterocycles. The molecule has 64 valence electrons. The maximum absolute atomic E-state index is 4.04. The largest absolute Gasteiger partial charge is 0.377 e. The van der Waals surface area contributed by atoms with Crippen LogP contribution in [0.25, 0.3) is 0 Å². The van der Waals surface area contributed by atoms with Crippen molar-refractivity contribution in [2.24, 2.45) is 0 Å². The van der Waals surface area contributed by atoms with Crippen LogP contribution in [0.3, 0.4) is 0 Å². The van der Waals surface area contributed by atoms with Gasteiger partial charge < -0.3 is 4.90 Å². The predicted molar refractivity (Wildman–Crippen MR) is 58.0 cm³/mol. The summed E-state index contributed by atoms with van der Waals surface area (Å²) in [6, 6.07) is 0. The van der Waals surface area contributed by atoms with E-state index in [9.17, 15) is 0 Å². The van der Waals surface area contributed by atoms with Gasteiger partial charge in [-0.15, -0.1) is 0 Å². The molecule has 0 aliphatic carbocycles. The lowest BCUT2D eigenvalue weighted by atomic mass is 10.1. The van der Waals surface area contributed by atoms with Crippen molar-refractivity contribution in [3.63, 3.8) is 0 Å². The van der Waals surface area contributed by atoms with E-state index in [-0.39, 0.29) is 0 Å². The highest BCUT2D eigenvalue weighted by atomic mass is 127. The average molecular weight is 265 g/mol. The molecule has 1 atom stereocenters. The summed E-state index contributed by atoms with van der Waals surface area (Å²) in [5.41, 5.74) is 1.30. The van der Waals surface area contributed by atoms with E-state index in [2.05, 4.69) is 48.0 Å². The van der Waals surface area contributed by atoms with Crippen LogP contribution in [0.2, 0.25) is 0 Å². The summed E-state index contributed by atoms with van der Waals surface area (Å²) in [6.45, 7) is 7.51. The van der Waals surface area contributed by atoms with Crippen LogP contribution in [0.4, 0.5) is 0 Å². The van der Waals surface area contributed by atoms with Gasteiger partial charge >= 0.3 is 0 Å². The van der Waals surface area contributed by atoms with Crippen molar-refractivity contribution in [2.45, 2.75) is 29.6 Å². The van der Waals surface area contributed by atoms with E-state index in [4.69, 9.17) is 0 Å². The first-order chi connectivity index (χ1) is 5.01. The number of hydrogen-bond donors (Lipinski definition) is 0. The van der Waals surface area contributed by atoms with Crippen molar-refractivity contribution in [1.82, 2.24) is 4.90 Å². The summed E-state index contributed by atoms with van der Waals surface area (Å²) in [5.74, 6) is 0. The number of alkyl halides is 1. The molecule has 1 saturated heterocycles. The molecule has 1 heterocycles. The number of rotatable bonds is 0. The SMILES string of the molecule is C=C1CCCC(C)(I)CN1C. The van der Waals surface area contributed by atoms with Crippen LogP contribution in [0.1, 0.15) is 26.2 Å². The van der Waals surface area contributed by atoms with Gasteiger partial charge in [0.25, 0.3) is 0 Å². The van der Waals surface area contributed by atoms with Gasteiger partial charge in [-0.3, -0.25) is 0 Å². The van der Waals surface area contributed by atoms with Gasteiger partial charge in [-0.05, 0) is 26.2 Å². The molecule has 1 aliphatic rings. The van der Waals surface area contributed by atoms with Gasteiger partial charge in [-0.1, -0.05) is 29.2 Å². The highest BCUT2D eigenvalue weighted by Crippen LogP contribution is 2.31. The molecule has 0 spiro atoms. The Balaban J connectivity index is 2.63. The lowest BCUT2D eigenvalue weighted by Crippen LogP contribution is -2.30. The maximum atomic E-state index is 4.04. The summed E-state index contributed by atoms with van der Waals surface area (Å²) in [5, 5.41) is 0. The maximum Gasteiger partial charge on any atom is 0.0368 e. The Morgan fingerprint density at radius 1 is 1.64 bits per heavy atom. The number of hydrogen-bond acceptors (Lipinski definition) is 1. The highest BCUT2D eigenvalue weighted by Gasteiger charge is 2.25. The Labute approximate surface area is 83.0 Å². The fraction of sp³-hybridized carbons (Fsp3) is 0.778. The van der Waals surface area contributed by atoms with E-state index in [0.717, 1.165) is 6.54 Å². The molecule has 0 aromatic carbocycles. The first kappa shape index (κ1) is 9.36. The Morgan fingerprint density at radius 3 is 2.91 bits per heavy atom. The summed E-state index contributed by atoms with van der Waals surface area (Å²) in [7, 11) is 2.14. The second kappa shape index (κ2) is 3.33. The van der Waals surface area contributed by atoms with Gasteiger partial charge in [-0.2, -0.15) is 0 Å². The van der Waals surface area contributed by atoms with E-state index in [1.54, 1.807) is 0 Å². The number of halogens is 1. The summed E-state index contributed by atoms with van der Waals surface area (Å²) < 4.78 is 0.450. The predicted octanol–water partition coefficient (Wildman–Crippen LogP) is 2.81. The van der Waals surface area contributed by atoms with E-state index in [1.165, 1.54) is 25.0 Å². The summed E-state index contributed by atoms with van der Waals surface area (Å²) in [6.07, 6.45) is 3.79. The molecule has 0 saturated carbocycles. The molecule has 2 heteroatoms. The van der Waals surface area contributed by atoms with Gasteiger partial charge in [0.05, 0.1) is 0 Å². The normalized spacial score (nSPS) is 33.7. The zero-order valence-corrected chi connectivity index (χ0v) is 9.52. The lowest BCUT2D eigenvalue weighted by Gasteiger charge is -2.26. The second-order valence-electron chi connectivity index (χ2n) is 3.69. The first-order valence-electron chi connectivity index (χ1n) is 4.09. The van der Waals surface area contributed by atoms with Gasteiger partial charge in [0.1, 0.15) is 0 Å². The Bertz CT molecular complexity index is 163. The number of nitrogens with zero attached hydrogens (tertiary/aromatic N) is 1. The minimum atomic E-state index is 0.450. The third-order valence-electron chi connectivity index (χ3n) is 2.27. The molecule has 1 fully saturated rings. The van der Waals surface area contributed by atoms with Crippen LogP contribution in [-0.2, 0) is 0 Å². The van der Waals surface area contributed by atoms with E-state index in [0.29, 0.717) is 3.42 Å². The fourth-order valence-corrected chi connectivity index (χ4v) is 2.43. The fourth-order valence-electron chi connectivity index (χ4n) is 1.54. The van der Waals surface area contributed by atoms with Gasteiger partial charge in [0.15, 0.2) is 0 Å². The quantitative estimate of drug-likeness (QED) is 0.481. The molecular weight excluding hydrogens is 249 g/mol. The highest BCUT2D eigenvalue weighted by molar-refractivity contribution is 14.1. The smallest absolute Gasteiger partial charge is 0.0368 e. The molecule has 1 unspecified atom stereocenters. The Hall–Kier alpha value is 0.270. The van der Waals surface area contributed by atoms with Crippen LogP contribution < -0.4 is 0 Å². The van der Waals surface area contributed by atoms with Crippen LogP contribution >= 0.6 is 22.6 Å². The van der Waals surface area contributed by atoms with Crippen molar-refractivity contribution in [3.05, 3.63) is 12.3 Å². The van der Waals surface area contributed by atoms with Crippen molar-refractivity contribution >= 4 is 22.6 Å². The second-order valence-corrected chi connectivity index (χ2v) is 6.29. The van der Waals surface area contributed by atoms with Crippen LogP contribution in [0, 0.1) is 0 Å². The Kier molecular flexibility index (Phi) is 2.84. The topological polar surface area (TPSA) is 3.24 Å². The van der Waals surface area contributed by atoms with Crippen molar-refractivity contribution < 1.29 is 0 Å². The van der Waals surface area contributed by atoms with Gasteiger partial charge in [0.2, 0.25) is 0 Å². The minimum Gasteiger partial charge on any atom is -0.377 e. The molecule has 1 rings (SSSR count). The zero-order chi connectivity index (χ0) is 8.48. The van der Waals surface area contributed by atoms with Crippen LogP contribution in [0.5, 0.6) is 0 Å². The third-order valence-corrected chi connectivity index (χ3v) is 3.15. The van der Waals surface area contributed by atoms with Crippen LogP contribution in [0.15, 0.2) is 12.3 Å². The summed E-state index contributed by atoms with van der Waals surface area (Å²) >= 11 is 2.56. The molecule has 0 aromatic heterocycles. The molecule has 0 N–H and O–H groups in total. The molecule has 0 amide bonds. The summed E-state index contributed by atoms with van der Waals surface area (Å²) in [4.78, 5) is 2.29. The monoisotopic (exact) mass is 265 g/mol. The third kappa shape index (κ3) is 2.65. The standard InChI is InChI=1S/C9H16IN/c1-8-5-4-6-9(2,10)7-11(8)3/h1,4-7H2,2-3H3. The van der Waals surface area contributed by atoms with E-state index >= 15 is 0 Å². The van der Waals surface area contributed by atoms with Crippen LogP contribution in [-0.4, -0.2) is 21.9 Å². The minimum absolute atomic E-state index is 0.450. The zero-order valence-electron chi connectivity index (χ0n) is 7.36. The number of allylic oxidation sites excluding steroid dienone is 1. The number of likely N-dealkylation sites (tertiary alicyclic amines) is 1. The molecule has 0 aromatic rings. The molecule has 0 bridgehead atoms. The Morgan fingerprint density at radius 2 is 2.27 bits per heavy atom. The van der Waals surface area contributed by atoms with E-state index in [1.807, 2.05) is 0 Å². The van der Waals surface area contributed by atoms with Gasteiger partial charge in [0, 0.05) is 22.7 Å².